The van der Waals surface area contributed by atoms with E-state index in [0.717, 1.165) is 5.56 Å². The van der Waals surface area contributed by atoms with Gasteiger partial charge in [-0.15, -0.1) is 15.3 Å². The van der Waals surface area contributed by atoms with E-state index in [-0.39, 0.29) is 0 Å². The number of nitrogens with one attached hydrogen (secondary N) is 3. The maximum Gasteiger partial charge on any atom is 0.322 e. The van der Waals surface area contributed by atoms with Crippen molar-refractivity contribution in [3.63, 3.8) is 0 Å². The zero-order valence-electron chi connectivity index (χ0n) is 17.0. The van der Waals surface area contributed by atoms with Crippen LogP contribution in [0.3, 0.4) is 0 Å². The van der Waals surface area contributed by atoms with Gasteiger partial charge < -0.3 is 10.6 Å². The van der Waals surface area contributed by atoms with Gasteiger partial charge >= 0.3 is 6.03 Å². The van der Waals surface area contributed by atoms with E-state index in [1.807, 2.05) is 18.2 Å². The fourth-order valence-corrected chi connectivity index (χ4v) is 3.63. The maximum atomic E-state index is 14.2. The molecule has 3 amide bonds. The Kier molecular flexibility index (Phi) is 4.54. The van der Waals surface area contributed by atoms with Crippen LogP contribution in [0.2, 0.25) is 0 Å². The fraction of sp³-hybridized carbons (Fsp3) is 0.136. The van der Waals surface area contributed by atoms with Crippen LogP contribution >= 0.6 is 0 Å². The summed E-state index contributed by atoms with van der Waals surface area (Å²) in [6.07, 6.45) is 0. The van der Waals surface area contributed by atoms with Crippen molar-refractivity contribution in [3.8, 4) is 11.4 Å². The average Bonchev–Trinajstić information content (AvgIpc) is 3.32. The lowest BCUT2D eigenvalue weighted by Gasteiger charge is -2.21. The van der Waals surface area contributed by atoms with Crippen molar-refractivity contribution in [2.45, 2.75) is 19.0 Å². The lowest BCUT2D eigenvalue weighted by atomic mass is 9.91. The maximum absolute atomic E-state index is 14.2. The average molecular weight is 431 g/mol. The summed E-state index contributed by atoms with van der Waals surface area (Å²) in [5, 5.41) is 20.8. The number of anilines is 1. The number of hydrogen-bond donors (Lipinski definition) is 3. The molecule has 160 valence electrons. The minimum absolute atomic E-state index is 0.305. The molecule has 5 rings (SSSR count). The first kappa shape index (κ1) is 19.6. The lowest BCUT2D eigenvalue weighted by Crippen LogP contribution is -2.40. The van der Waals surface area contributed by atoms with Gasteiger partial charge in [-0.1, -0.05) is 36.4 Å². The van der Waals surface area contributed by atoms with Gasteiger partial charge in [-0.2, -0.15) is 4.52 Å². The summed E-state index contributed by atoms with van der Waals surface area (Å²) < 4.78 is 15.7. The van der Waals surface area contributed by atoms with Gasteiger partial charge in [0, 0.05) is 6.54 Å². The molecule has 0 saturated carbocycles. The summed E-state index contributed by atoms with van der Waals surface area (Å²) in [5.41, 5.74) is 1.23. The number of rotatable bonds is 5. The number of carbonyl (C=O) groups excluding carboxylic acids is 2. The molecule has 1 fully saturated rings. The molecule has 0 aliphatic carbocycles. The summed E-state index contributed by atoms with van der Waals surface area (Å²) in [6, 6.07) is 16.7. The first-order chi connectivity index (χ1) is 15.4. The van der Waals surface area contributed by atoms with E-state index in [1.54, 1.807) is 43.3 Å². The molecular formula is C22H18FN7O2. The zero-order valence-corrected chi connectivity index (χ0v) is 17.0. The van der Waals surface area contributed by atoms with Crippen LogP contribution in [0.5, 0.6) is 0 Å². The summed E-state index contributed by atoms with van der Waals surface area (Å²) >= 11 is 0. The van der Waals surface area contributed by atoms with E-state index in [2.05, 4.69) is 31.2 Å². The topological polar surface area (TPSA) is 113 Å². The number of amides is 3. The molecule has 3 N–H and O–H groups in total. The predicted molar refractivity (Wildman–Crippen MR) is 114 cm³/mol. The largest absolute Gasteiger partial charge is 0.365 e. The zero-order chi connectivity index (χ0) is 22.3. The van der Waals surface area contributed by atoms with Crippen molar-refractivity contribution in [2.24, 2.45) is 0 Å². The summed E-state index contributed by atoms with van der Waals surface area (Å²) in [4.78, 5) is 23.8. The molecule has 9 nitrogen and oxygen atoms in total. The molecule has 32 heavy (non-hydrogen) atoms. The van der Waals surface area contributed by atoms with Gasteiger partial charge in [0.1, 0.15) is 17.2 Å². The van der Waals surface area contributed by atoms with Crippen molar-refractivity contribution < 1.29 is 14.0 Å². The molecule has 1 atom stereocenters. The SMILES string of the molecule is CC1(c2cccc(CNc3ccc4nnc(-c5ccccc5F)n4n3)c2)NC(=O)NC1=O. The molecule has 3 heterocycles. The van der Waals surface area contributed by atoms with Crippen LogP contribution in [-0.2, 0) is 16.9 Å². The molecule has 1 saturated heterocycles. The molecule has 0 radical (unpaired) electrons. The first-order valence-corrected chi connectivity index (χ1v) is 9.88. The number of benzene rings is 2. The molecule has 0 bridgehead atoms. The number of carbonyl (C=O) groups is 2. The second-order valence-corrected chi connectivity index (χ2v) is 7.58. The highest BCUT2D eigenvalue weighted by atomic mass is 19.1. The number of imide groups is 1. The Morgan fingerprint density at radius 2 is 1.91 bits per heavy atom. The van der Waals surface area contributed by atoms with Crippen LogP contribution in [0.4, 0.5) is 15.0 Å². The van der Waals surface area contributed by atoms with E-state index in [1.165, 1.54) is 10.6 Å². The van der Waals surface area contributed by atoms with Crippen molar-refractivity contribution in [1.82, 2.24) is 30.4 Å². The molecule has 1 aliphatic rings. The fourth-order valence-electron chi connectivity index (χ4n) is 3.63. The highest BCUT2D eigenvalue weighted by Gasteiger charge is 2.43. The molecule has 0 spiro atoms. The van der Waals surface area contributed by atoms with Crippen LogP contribution in [0.25, 0.3) is 17.0 Å². The van der Waals surface area contributed by atoms with Gasteiger partial charge in [0.15, 0.2) is 11.5 Å². The smallest absolute Gasteiger partial charge is 0.322 e. The van der Waals surface area contributed by atoms with Gasteiger partial charge in [0.05, 0.1) is 5.56 Å². The predicted octanol–water partition coefficient (Wildman–Crippen LogP) is 2.60. The molecule has 4 aromatic rings. The van der Waals surface area contributed by atoms with Crippen LogP contribution in [0, 0.1) is 5.82 Å². The summed E-state index contributed by atoms with van der Waals surface area (Å²) in [6.45, 7) is 2.07. The number of nitrogens with zero attached hydrogens (tertiary/aromatic N) is 4. The summed E-state index contributed by atoms with van der Waals surface area (Å²) in [5.74, 6) is 0.0430. The van der Waals surface area contributed by atoms with Gasteiger partial charge in [0.25, 0.3) is 5.91 Å². The Labute approximate surface area is 181 Å². The Balaban J connectivity index is 1.39. The van der Waals surface area contributed by atoms with E-state index >= 15 is 0 Å². The van der Waals surface area contributed by atoms with Crippen molar-refractivity contribution in [1.29, 1.82) is 0 Å². The Morgan fingerprint density at radius 3 is 2.69 bits per heavy atom. The third kappa shape index (κ3) is 3.31. The van der Waals surface area contributed by atoms with Crippen molar-refractivity contribution in [3.05, 3.63) is 77.6 Å². The summed E-state index contributed by atoms with van der Waals surface area (Å²) in [7, 11) is 0. The standard InChI is InChI=1S/C22H18FN7O2/c1-22(20(31)25-21(32)26-22)14-6-4-5-13(11-14)12-24-17-9-10-18-27-28-19(30(18)29-17)15-7-2-3-8-16(15)23/h2-11H,12H2,1H3,(H,24,29)(H2,25,26,31,32). The second kappa shape index (κ2) is 7.41. The van der Waals surface area contributed by atoms with E-state index in [0.29, 0.717) is 35.0 Å². The first-order valence-electron chi connectivity index (χ1n) is 9.88. The van der Waals surface area contributed by atoms with E-state index < -0.39 is 23.3 Å². The van der Waals surface area contributed by atoms with Gasteiger partial charge in [0.2, 0.25) is 0 Å². The molecule has 2 aromatic carbocycles. The van der Waals surface area contributed by atoms with Crippen molar-refractivity contribution in [2.75, 3.05) is 5.32 Å². The second-order valence-electron chi connectivity index (χ2n) is 7.58. The number of halogens is 1. The van der Waals surface area contributed by atoms with Gasteiger partial charge in [-0.25, -0.2) is 9.18 Å². The monoisotopic (exact) mass is 431 g/mol. The lowest BCUT2D eigenvalue weighted by molar-refractivity contribution is -0.123. The van der Waals surface area contributed by atoms with E-state index in [4.69, 9.17) is 0 Å². The highest BCUT2D eigenvalue weighted by molar-refractivity contribution is 6.07. The number of aromatic nitrogens is 4. The Bertz CT molecular complexity index is 1370. The molecule has 1 unspecified atom stereocenters. The highest BCUT2D eigenvalue weighted by Crippen LogP contribution is 2.25. The molecule has 1 aliphatic heterocycles. The van der Waals surface area contributed by atoms with Crippen molar-refractivity contribution >= 4 is 23.4 Å². The number of fused-ring (bicyclic) bond motifs is 1. The quantitative estimate of drug-likeness (QED) is 0.419. The number of hydrogen-bond acceptors (Lipinski definition) is 6. The Morgan fingerprint density at radius 1 is 1.06 bits per heavy atom. The molecule has 2 aromatic heterocycles. The third-order valence-electron chi connectivity index (χ3n) is 5.40. The minimum Gasteiger partial charge on any atom is -0.365 e. The van der Waals surface area contributed by atoms with Gasteiger partial charge in [-0.3, -0.25) is 10.1 Å². The minimum atomic E-state index is -1.12. The van der Waals surface area contributed by atoms with Crippen LogP contribution in [0.15, 0.2) is 60.7 Å². The Hall–Kier alpha value is -4.34. The third-order valence-corrected chi connectivity index (χ3v) is 5.40. The van der Waals surface area contributed by atoms with E-state index in [9.17, 15) is 14.0 Å². The van der Waals surface area contributed by atoms with Crippen LogP contribution in [-0.4, -0.2) is 31.7 Å². The normalized spacial score (nSPS) is 17.9. The van der Waals surface area contributed by atoms with Crippen LogP contribution in [0.1, 0.15) is 18.1 Å². The van der Waals surface area contributed by atoms with Gasteiger partial charge in [-0.05, 0) is 42.3 Å². The molecule has 10 heteroatoms. The number of urea groups is 1. The van der Waals surface area contributed by atoms with Crippen LogP contribution < -0.4 is 16.0 Å². The molecular weight excluding hydrogens is 413 g/mol.